The van der Waals surface area contributed by atoms with Crippen molar-refractivity contribution in [1.29, 1.82) is 0 Å². The van der Waals surface area contributed by atoms with Crippen LogP contribution in [0.4, 0.5) is 5.69 Å². The fraction of sp³-hybridized carbons (Fsp3) is 0.214. The maximum absolute atomic E-state index is 9.85. The Morgan fingerprint density at radius 1 is 0.971 bits per heavy atom. The lowest BCUT2D eigenvalue weighted by atomic mass is 9.96. The Bertz CT molecular complexity index is 1310. The highest BCUT2D eigenvalue weighted by Crippen LogP contribution is 2.43. The van der Waals surface area contributed by atoms with Crippen LogP contribution < -0.4 is 10.2 Å². The largest absolute Gasteiger partial charge is 0.508 e. The van der Waals surface area contributed by atoms with Gasteiger partial charge in [-0.25, -0.2) is 0 Å². The number of thiocarbonyl (C=S) groups is 1. The van der Waals surface area contributed by atoms with E-state index in [4.69, 9.17) is 12.2 Å². The molecule has 2 aromatic heterocycles. The zero-order valence-corrected chi connectivity index (χ0v) is 20.4. The number of aryl methyl sites for hydroxylation is 2. The Balaban J connectivity index is 1.65. The van der Waals surface area contributed by atoms with E-state index in [9.17, 15) is 5.11 Å². The van der Waals surface area contributed by atoms with E-state index in [0.717, 1.165) is 23.5 Å². The number of rotatable bonds is 5. The number of hydrogen-bond donors (Lipinski definition) is 2. The number of benzene rings is 2. The summed E-state index contributed by atoms with van der Waals surface area (Å²) in [5.74, 6) is 0.230. The summed E-state index contributed by atoms with van der Waals surface area (Å²) >= 11 is 5.83. The number of nitrogens with one attached hydrogen (secondary N) is 1. The van der Waals surface area contributed by atoms with Crippen molar-refractivity contribution in [2.75, 3.05) is 4.90 Å². The van der Waals surface area contributed by atoms with Crippen LogP contribution >= 0.6 is 12.2 Å². The second-order valence-electron chi connectivity index (χ2n) is 8.69. The summed E-state index contributed by atoms with van der Waals surface area (Å²) in [5.41, 5.74) is 7.86. The fourth-order valence-electron chi connectivity index (χ4n) is 4.93. The van der Waals surface area contributed by atoms with Crippen LogP contribution in [0.15, 0.2) is 79.0 Å². The third-order valence-corrected chi connectivity index (χ3v) is 6.93. The van der Waals surface area contributed by atoms with Gasteiger partial charge in [0.15, 0.2) is 5.11 Å². The lowest BCUT2D eigenvalue weighted by Gasteiger charge is -2.28. The van der Waals surface area contributed by atoms with Crippen molar-refractivity contribution >= 4 is 23.0 Å². The lowest BCUT2D eigenvalue weighted by Crippen LogP contribution is -2.29. The van der Waals surface area contributed by atoms with Crippen LogP contribution in [-0.2, 0) is 6.42 Å². The van der Waals surface area contributed by atoms with Crippen LogP contribution in [0.1, 0.15) is 47.2 Å². The molecule has 1 aliphatic rings. The summed E-state index contributed by atoms with van der Waals surface area (Å²) in [7, 11) is 0. The van der Waals surface area contributed by atoms with E-state index in [0.29, 0.717) is 5.11 Å². The first-order valence-electron chi connectivity index (χ1n) is 11.6. The summed E-state index contributed by atoms with van der Waals surface area (Å²) in [6.45, 7) is 6.48. The SMILES string of the molecule is CCc1ccc(-n2c(C)cc([C@H]3[C@H](c4ccccn4)NC(=S)N3c3ccc(O)cc3)c2C)cc1. The van der Waals surface area contributed by atoms with E-state index in [1.165, 1.54) is 22.5 Å². The van der Waals surface area contributed by atoms with Crippen LogP contribution in [0.3, 0.4) is 0 Å². The maximum atomic E-state index is 9.85. The first-order valence-corrected chi connectivity index (χ1v) is 12.0. The number of hydrogen-bond acceptors (Lipinski definition) is 3. The number of nitrogens with zero attached hydrogens (tertiary/aromatic N) is 3. The normalized spacial score (nSPS) is 17.7. The van der Waals surface area contributed by atoms with Gasteiger partial charge in [-0.05, 0) is 98.2 Å². The molecule has 5 nitrogen and oxygen atoms in total. The van der Waals surface area contributed by atoms with Crippen molar-refractivity contribution in [3.63, 3.8) is 0 Å². The molecule has 5 rings (SSSR count). The first-order chi connectivity index (χ1) is 16.5. The van der Waals surface area contributed by atoms with Crippen LogP contribution in [0.2, 0.25) is 0 Å². The number of pyridine rings is 1. The molecule has 0 aliphatic carbocycles. The minimum atomic E-state index is -0.112. The molecule has 172 valence electrons. The quantitative estimate of drug-likeness (QED) is 0.355. The van der Waals surface area contributed by atoms with Gasteiger partial charge in [0, 0.05) is 29.0 Å². The number of anilines is 1. The zero-order valence-electron chi connectivity index (χ0n) is 19.6. The Labute approximate surface area is 205 Å². The standard InChI is InChI=1S/C28H28N4OS/c1-4-20-8-10-21(11-9-20)31-18(2)17-24(19(31)3)27-26(25-7-5-6-16-29-25)30-28(34)32(27)22-12-14-23(33)15-13-22/h5-17,26-27,33H,4H2,1-3H3,(H,30,34)/t26-,27-/m0/s1. The molecule has 0 spiro atoms. The highest BCUT2D eigenvalue weighted by molar-refractivity contribution is 7.80. The second-order valence-corrected chi connectivity index (χ2v) is 9.08. The van der Waals surface area contributed by atoms with Gasteiger partial charge in [0.2, 0.25) is 0 Å². The van der Waals surface area contributed by atoms with E-state index in [1.54, 1.807) is 12.1 Å². The van der Waals surface area contributed by atoms with Gasteiger partial charge in [0.25, 0.3) is 0 Å². The lowest BCUT2D eigenvalue weighted by molar-refractivity contribution is 0.475. The molecule has 0 saturated carbocycles. The van der Waals surface area contributed by atoms with Gasteiger partial charge >= 0.3 is 0 Å². The van der Waals surface area contributed by atoms with E-state index in [1.807, 2.05) is 36.5 Å². The zero-order chi connectivity index (χ0) is 23.8. The van der Waals surface area contributed by atoms with Crippen molar-refractivity contribution in [3.8, 4) is 11.4 Å². The number of aromatic hydroxyl groups is 1. The molecule has 1 aliphatic heterocycles. The van der Waals surface area contributed by atoms with Crippen molar-refractivity contribution in [2.24, 2.45) is 0 Å². The van der Waals surface area contributed by atoms with E-state index >= 15 is 0 Å². The molecule has 1 fully saturated rings. The highest BCUT2D eigenvalue weighted by Gasteiger charge is 2.42. The van der Waals surface area contributed by atoms with E-state index < -0.39 is 0 Å². The van der Waals surface area contributed by atoms with Crippen molar-refractivity contribution in [1.82, 2.24) is 14.9 Å². The van der Waals surface area contributed by atoms with Crippen LogP contribution in [-0.4, -0.2) is 19.8 Å². The average Bonchev–Trinajstić information content (AvgIpc) is 3.35. The molecule has 3 heterocycles. The number of aromatic nitrogens is 2. The van der Waals surface area contributed by atoms with Crippen molar-refractivity contribution in [2.45, 2.75) is 39.3 Å². The Morgan fingerprint density at radius 3 is 2.32 bits per heavy atom. The molecule has 0 bridgehead atoms. The third-order valence-electron chi connectivity index (χ3n) is 6.62. The van der Waals surface area contributed by atoms with Gasteiger partial charge in [0.05, 0.1) is 17.8 Å². The van der Waals surface area contributed by atoms with Crippen molar-refractivity contribution in [3.05, 3.63) is 107 Å². The van der Waals surface area contributed by atoms with Crippen LogP contribution in [0.5, 0.6) is 5.75 Å². The molecule has 6 heteroatoms. The molecule has 2 N–H and O–H groups in total. The molecular formula is C28H28N4OS. The Hall–Kier alpha value is -3.64. The molecule has 2 aromatic carbocycles. The topological polar surface area (TPSA) is 53.3 Å². The second kappa shape index (κ2) is 8.95. The molecule has 0 unspecified atom stereocenters. The number of phenols is 1. The van der Waals surface area contributed by atoms with Gasteiger partial charge in [-0.1, -0.05) is 25.1 Å². The predicted molar refractivity (Wildman–Crippen MR) is 141 cm³/mol. The van der Waals surface area contributed by atoms with E-state index in [2.05, 4.69) is 70.9 Å². The summed E-state index contributed by atoms with van der Waals surface area (Å²) in [6.07, 6.45) is 2.84. The molecular weight excluding hydrogens is 440 g/mol. The predicted octanol–water partition coefficient (Wildman–Crippen LogP) is 5.93. The number of phenolic OH excluding ortho intramolecular Hbond substituents is 1. The molecule has 0 radical (unpaired) electrons. The minimum Gasteiger partial charge on any atom is -0.508 e. The van der Waals surface area contributed by atoms with Gasteiger partial charge < -0.3 is 19.9 Å². The molecule has 2 atom stereocenters. The van der Waals surface area contributed by atoms with Gasteiger partial charge in [-0.15, -0.1) is 0 Å². The first kappa shape index (κ1) is 22.2. The van der Waals surface area contributed by atoms with Gasteiger partial charge in [0.1, 0.15) is 5.75 Å². The monoisotopic (exact) mass is 468 g/mol. The smallest absolute Gasteiger partial charge is 0.174 e. The summed E-state index contributed by atoms with van der Waals surface area (Å²) in [5, 5.41) is 14.0. The van der Waals surface area contributed by atoms with Crippen molar-refractivity contribution < 1.29 is 5.11 Å². The average molecular weight is 469 g/mol. The fourth-order valence-corrected chi connectivity index (χ4v) is 5.27. The molecule has 4 aromatic rings. The Morgan fingerprint density at radius 2 is 1.68 bits per heavy atom. The third kappa shape index (κ3) is 3.84. The van der Waals surface area contributed by atoms with Crippen LogP contribution in [0.25, 0.3) is 5.69 Å². The van der Waals surface area contributed by atoms with Gasteiger partial charge in [-0.3, -0.25) is 4.98 Å². The summed E-state index contributed by atoms with van der Waals surface area (Å²) < 4.78 is 2.31. The summed E-state index contributed by atoms with van der Waals surface area (Å²) in [4.78, 5) is 6.79. The highest BCUT2D eigenvalue weighted by atomic mass is 32.1. The minimum absolute atomic E-state index is 0.0955. The molecule has 1 saturated heterocycles. The van der Waals surface area contributed by atoms with Crippen LogP contribution in [0, 0.1) is 13.8 Å². The molecule has 0 amide bonds. The summed E-state index contributed by atoms with van der Waals surface area (Å²) in [6, 6.07) is 24.0. The molecule has 34 heavy (non-hydrogen) atoms. The Kier molecular flexibility index (Phi) is 5.84. The maximum Gasteiger partial charge on any atom is 0.174 e. The van der Waals surface area contributed by atoms with Gasteiger partial charge in [-0.2, -0.15) is 0 Å². The van der Waals surface area contributed by atoms with E-state index in [-0.39, 0.29) is 17.8 Å².